The number of hydrogen-bond donors (Lipinski definition) is 1. The van der Waals surface area contributed by atoms with Crippen molar-refractivity contribution < 1.29 is 0 Å². The average Bonchev–Trinajstić information content (AvgIpc) is 2.75. The van der Waals surface area contributed by atoms with E-state index in [2.05, 4.69) is 19.2 Å². The molecule has 1 heteroatoms. The molecular weight excluding hydrogens is 242 g/mol. The first-order valence-electron chi connectivity index (χ1n) is 9.37. The van der Waals surface area contributed by atoms with Crippen molar-refractivity contribution in [1.29, 1.82) is 0 Å². The highest BCUT2D eigenvalue weighted by Gasteiger charge is 2.55. The zero-order chi connectivity index (χ0) is 13.8. The molecule has 1 heterocycles. The van der Waals surface area contributed by atoms with E-state index in [1.54, 1.807) is 6.42 Å². The van der Waals surface area contributed by atoms with Crippen molar-refractivity contribution in [3.05, 3.63) is 0 Å². The zero-order valence-corrected chi connectivity index (χ0v) is 13.6. The largest absolute Gasteiger partial charge is 0.313 e. The summed E-state index contributed by atoms with van der Waals surface area (Å²) in [6.45, 7) is 6.58. The van der Waals surface area contributed by atoms with Gasteiger partial charge in [-0.15, -0.1) is 0 Å². The van der Waals surface area contributed by atoms with E-state index in [9.17, 15) is 0 Å². The third kappa shape index (κ3) is 1.84. The molecule has 0 bridgehead atoms. The first-order valence-corrected chi connectivity index (χ1v) is 9.37. The first-order chi connectivity index (χ1) is 9.63. The maximum Gasteiger partial charge on any atom is 0.0124 e. The summed E-state index contributed by atoms with van der Waals surface area (Å²) >= 11 is 0. The minimum atomic E-state index is 0.614. The second-order valence-corrected chi connectivity index (χ2v) is 9.01. The molecule has 1 N–H and O–H groups in total. The number of fused-ring (bicyclic) bond motifs is 5. The van der Waals surface area contributed by atoms with Crippen LogP contribution >= 0.6 is 0 Å². The summed E-state index contributed by atoms with van der Waals surface area (Å²) in [5, 5.41) is 3.97. The lowest BCUT2D eigenvalue weighted by Crippen LogP contribution is -2.51. The standard InChI is InChI=1S/C19H33N/c1-18-10-5-6-15(18)14-9-13-20-17-7-3-4-11-19(17,2)16(14)8-12-18/h14-17,20H,3-13H2,1-2H3/t14?,15?,16?,17?,18-,19+/m0/s1. The molecular formula is C19H33N. The van der Waals surface area contributed by atoms with Crippen LogP contribution in [0.5, 0.6) is 0 Å². The van der Waals surface area contributed by atoms with E-state index in [1.165, 1.54) is 64.3 Å². The van der Waals surface area contributed by atoms with Gasteiger partial charge in [0.15, 0.2) is 0 Å². The van der Waals surface area contributed by atoms with Gasteiger partial charge >= 0.3 is 0 Å². The molecule has 0 aromatic heterocycles. The van der Waals surface area contributed by atoms with Crippen LogP contribution in [0.3, 0.4) is 0 Å². The second-order valence-electron chi connectivity index (χ2n) is 9.01. The fourth-order valence-electron chi connectivity index (χ4n) is 7.06. The first kappa shape index (κ1) is 13.6. The molecule has 114 valence electrons. The topological polar surface area (TPSA) is 12.0 Å². The van der Waals surface area contributed by atoms with Crippen LogP contribution in [0.15, 0.2) is 0 Å². The minimum Gasteiger partial charge on any atom is -0.313 e. The number of nitrogens with one attached hydrogen (secondary N) is 1. The fourth-order valence-corrected chi connectivity index (χ4v) is 7.06. The van der Waals surface area contributed by atoms with Crippen LogP contribution in [0.1, 0.15) is 78.1 Å². The monoisotopic (exact) mass is 275 g/mol. The summed E-state index contributed by atoms with van der Waals surface area (Å²) < 4.78 is 0. The lowest BCUT2D eigenvalue weighted by molar-refractivity contribution is -0.0405. The van der Waals surface area contributed by atoms with Gasteiger partial charge in [0, 0.05) is 6.04 Å². The van der Waals surface area contributed by atoms with Crippen LogP contribution in [-0.4, -0.2) is 12.6 Å². The van der Waals surface area contributed by atoms with Crippen molar-refractivity contribution in [2.45, 2.75) is 84.1 Å². The highest BCUT2D eigenvalue weighted by Crippen LogP contribution is 2.62. The summed E-state index contributed by atoms with van der Waals surface area (Å²) in [6, 6.07) is 0.831. The maximum absolute atomic E-state index is 3.97. The van der Waals surface area contributed by atoms with Gasteiger partial charge in [-0.05, 0) is 80.1 Å². The molecule has 6 atom stereocenters. The molecule has 3 saturated carbocycles. The SMILES string of the molecule is C[C@@]12CCCC1C1CCNC3CCCC[C@]3(C)C1CC2. The summed E-state index contributed by atoms with van der Waals surface area (Å²) in [6.07, 6.45) is 15.0. The van der Waals surface area contributed by atoms with E-state index < -0.39 is 0 Å². The molecule has 0 aromatic rings. The number of rotatable bonds is 0. The van der Waals surface area contributed by atoms with Gasteiger partial charge in [-0.25, -0.2) is 0 Å². The molecule has 1 aliphatic heterocycles. The Morgan fingerprint density at radius 1 is 0.800 bits per heavy atom. The molecule has 0 aromatic carbocycles. The molecule has 4 unspecified atom stereocenters. The highest BCUT2D eigenvalue weighted by molar-refractivity contribution is 5.07. The van der Waals surface area contributed by atoms with E-state index >= 15 is 0 Å². The van der Waals surface area contributed by atoms with Crippen molar-refractivity contribution in [1.82, 2.24) is 5.32 Å². The van der Waals surface area contributed by atoms with Crippen LogP contribution in [0.4, 0.5) is 0 Å². The van der Waals surface area contributed by atoms with Gasteiger partial charge in [0.2, 0.25) is 0 Å². The Morgan fingerprint density at radius 2 is 1.70 bits per heavy atom. The van der Waals surface area contributed by atoms with Gasteiger partial charge in [-0.1, -0.05) is 33.1 Å². The summed E-state index contributed by atoms with van der Waals surface area (Å²) in [5.74, 6) is 3.12. The van der Waals surface area contributed by atoms with Crippen molar-refractivity contribution in [2.75, 3.05) is 6.54 Å². The van der Waals surface area contributed by atoms with Crippen LogP contribution in [-0.2, 0) is 0 Å². The molecule has 3 aliphatic carbocycles. The lowest BCUT2D eigenvalue weighted by atomic mass is 9.51. The summed E-state index contributed by atoms with van der Waals surface area (Å²) in [4.78, 5) is 0. The molecule has 4 rings (SSSR count). The Labute approximate surface area is 125 Å². The smallest absolute Gasteiger partial charge is 0.0124 e. The molecule has 0 radical (unpaired) electrons. The van der Waals surface area contributed by atoms with E-state index in [4.69, 9.17) is 0 Å². The van der Waals surface area contributed by atoms with E-state index in [-0.39, 0.29) is 0 Å². The zero-order valence-electron chi connectivity index (χ0n) is 13.6. The molecule has 4 aliphatic rings. The Bertz CT molecular complexity index is 378. The van der Waals surface area contributed by atoms with Crippen LogP contribution < -0.4 is 5.32 Å². The minimum absolute atomic E-state index is 0.614. The van der Waals surface area contributed by atoms with Crippen LogP contribution in [0.2, 0.25) is 0 Å². The molecule has 1 saturated heterocycles. The normalized spacial score (nSPS) is 55.5. The van der Waals surface area contributed by atoms with Gasteiger partial charge in [0.05, 0.1) is 0 Å². The summed E-state index contributed by atoms with van der Waals surface area (Å²) in [5.41, 5.74) is 1.33. The van der Waals surface area contributed by atoms with Gasteiger partial charge in [-0.3, -0.25) is 0 Å². The predicted molar refractivity (Wildman–Crippen MR) is 84.6 cm³/mol. The molecule has 0 spiro atoms. The maximum atomic E-state index is 3.97. The lowest BCUT2D eigenvalue weighted by Gasteiger charge is -2.54. The Balaban J connectivity index is 1.67. The van der Waals surface area contributed by atoms with Gasteiger partial charge in [-0.2, -0.15) is 0 Å². The fraction of sp³-hybridized carbons (Fsp3) is 1.00. The Hall–Kier alpha value is -0.0400. The predicted octanol–water partition coefficient (Wildman–Crippen LogP) is 4.76. The quantitative estimate of drug-likeness (QED) is 0.672. The van der Waals surface area contributed by atoms with E-state index in [0.29, 0.717) is 10.8 Å². The third-order valence-electron chi connectivity index (χ3n) is 8.19. The average molecular weight is 275 g/mol. The highest BCUT2D eigenvalue weighted by atomic mass is 15.0. The molecule has 1 nitrogen and oxygen atoms in total. The van der Waals surface area contributed by atoms with Crippen molar-refractivity contribution in [2.24, 2.45) is 28.6 Å². The van der Waals surface area contributed by atoms with Gasteiger partial charge in [0.25, 0.3) is 0 Å². The van der Waals surface area contributed by atoms with Crippen molar-refractivity contribution in [3.8, 4) is 0 Å². The molecule has 0 amide bonds. The van der Waals surface area contributed by atoms with Crippen molar-refractivity contribution in [3.63, 3.8) is 0 Å². The molecule has 4 fully saturated rings. The van der Waals surface area contributed by atoms with Crippen LogP contribution in [0, 0.1) is 28.6 Å². The van der Waals surface area contributed by atoms with Gasteiger partial charge < -0.3 is 5.32 Å². The van der Waals surface area contributed by atoms with Crippen molar-refractivity contribution >= 4 is 0 Å². The second kappa shape index (κ2) is 4.73. The number of hydrogen-bond acceptors (Lipinski definition) is 1. The van der Waals surface area contributed by atoms with E-state index in [1.807, 2.05) is 0 Å². The van der Waals surface area contributed by atoms with E-state index in [0.717, 1.165) is 23.8 Å². The third-order valence-corrected chi connectivity index (χ3v) is 8.19. The summed E-state index contributed by atoms with van der Waals surface area (Å²) in [7, 11) is 0. The van der Waals surface area contributed by atoms with Crippen LogP contribution in [0.25, 0.3) is 0 Å². The van der Waals surface area contributed by atoms with Gasteiger partial charge in [0.1, 0.15) is 0 Å². The Kier molecular flexibility index (Phi) is 3.22. The molecule has 20 heavy (non-hydrogen) atoms. The Morgan fingerprint density at radius 3 is 2.60 bits per heavy atom.